The Hall–Kier alpha value is -3.00. The molecule has 0 bridgehead atoms. The van der Waals surface area contributed by atoms with Gasteiger partial charge in [0.1, 0.15) is 5.00 Å². The number of thiophene rings is 1. The second-order valence-corrected chi connectivity index (χ2v) is 10.0. The SMILES string of the molecule is CCOC(=O)c1c(NC(=O)CN2CCN(C(c3ccccc3)c3ccccc3)CC2)sc(C)c1C. The highest BCUT2D eigenvalue weighted by Gasteiger charge is 2.28. The molecule has 1 saturated heterocycles. The van der Waals surface area contributed by atoms with Crippen molar-refractivity contribution in [3.05, 3.63) is 87.8 Å². The van der Waals surface area contributed by atoms with Crippen LogP contribution in [0, 0.1) is 13.8 Å². The quantitative estimate of drug-likeness (QED) is 0.455. The van der Waals surface area contributed by atoms with Crippen LogP contribution in [0.4, 0.5) is 5.00 Å². The molecule has 1 amide bonds. The van der Waals surface area contributed by atoms with Gasteiger partial charge in [-0.1, -0.05) is 60.7 Å². The molecular weight excluding hydrogens is 458 g/mol. The average molecular weight is 492 g/mol. The van der Waals surface area contributed by atoms with Gasteiger partial charge < -0.3 is 10.1 Å². The van der Waals surface area contributed by atoms with Crippen LogP contribution in [-0.2, 0) is 9.53 Å². The normalized spacial score (nSPS) is 14.7. The number of ether oxygens (including phenoxy) is 1. The summed E-state index contributed by atoms with van der Waals surface area (Å²) >= 11 is 1.43. The average Bonchev–Trinajstić information content (AvgIpc) is 3.14. The molecule has 0 unspecified atom stereocenters. The molecule has 1 aliphatic rings. The minimum Gasteiger partial charge on any atom is -0.462 e. The number of hydrogen-bond donors (Lipinski definition) is 1. The number of benzene rings is 2. The molecule has 3 aromatic rings. The van der Waals surface area contributed by atoms with Gasteiger partial charge in [-0.25, -0.2) is 4.79 Å². The number of carbonyl (C=O) groups excluding carboxylic acids is 2. The van der Waals surface area contributed by atoms with E-state index < -0.39 is 0 Å². The summed E-state index contributed by atoms with van der Waals surface area (Å²) < 4.78 is 5.20. The topological polar surface area (TPSA) is 61.9 Å². The number of nitrogens with one attached hydrogen (secondary N) is 1. The Morgan fingerprint density at radius 3 is 2.06 bits per heavy atom. The number of nitrogens with zero attached hydrogens (tertiary/aromatic N) is 2. The van der Waals surface area contributed by atoms with Crippen LogP contribution in [0.25, 0.3) is 0 Å². The maximum absolute atomic E-state index is 12.9. The molecule has 2 heterocycles. The van der Waals surface area contributed by atoms with Gasteiger partial charge in [0.25, 0.3) is 0 Å². The molecule has 1 aliphatic heterocycles. The Labute approximate surface area is 211 Å². The van der Waals surface area contributed by atoms with Crippen LogP contribution in [0.1, 0.15) is 44.9 Å². The van der Waals surface area contributed by atoms with Gasteiger partial charge >= 0.3 is 5.97 Å². The summed E-state index contributed by atoms with van der Waals surface area (Å²) in [4.78, 5) is 31.0. The molecule has 0 radical (unpaired) electrons. The maximum atomic E-state index is 12.9. The largest absolute Gasteiger partial charge is 0.462 e. The fraction of sp³-hybridized carbons (Fsp3) is 0.357. The van der Waals surface area contributed by atoms with E-state index in [1.165, 1.54) is 22.5 Å². The molecule has 6 nitrogen and oxygen atoms in total. The monoisotopic (exact) mass is 491 g/mol. The summed E-state index contributed by atoms with van der Waals surface area (Å²) in [5.74, 6) is -0.487. The van der Waals surface area contributed by atoms with Crippen LogP contribution in [0.3, 0.4) is 0 Å². The zero-order valence-electron chi connectivity index (χ0n) is 20.6. The summed E-state index contributed by atoms with van der Waals surface area (Å²) in [5, 5.41) is 3.55. The Morgan fingerprint density at radius 2 is 1.51 bits per heavy atom. The van der Waals surface area contributed by atoms with E-state index in [-0.39, 0.29) is 17.9 Å². The first-order valence-electron chi connectivity index (χ1n) is 12.1. The molecule has 0 saturated carbocycles. The highest BCUT2D eigenvalue weighted by molar-refractivity contribution is 7.16. The van der Waals surface area contributed by atoms with Gasteiger partial charge in [-0.2, -0.15) is 0 Å². The number of anilines is 1. The zero-order valence-corrected chi connectivity index (χ0v) is 21.4. The summed E-state index contributed by atoms with van der Waals surface area (Å²) in [7, 11) is 0. The van der Waals surface area contributed by atoms with Crippen molar-refractivity contribution in [2.75, 3.05) is 44.6 Å². The Kier molecular flexibility index (Phi) is 8.33. The third-order valence-electron chi connectivity index (χ3n) is 6.49. The summed E-state index contributed by atoms with van der Waals surface area (Å²) in [5.41, 5.74) is 3.89. The van der Waals surface area contributed by atoms with Gasteiger partial charge in [-0.3, -0.25) is 14.6 Å². The molecule has 2 aromatic carbocycles. The molecule has 184 valence electrons. The van der Waals surface area contributed by atoms with Crippen molar-refractivity contribution in [1.82, 2.24) is 9.80 Å². The molecule has 0 spiro atoms. The van der Waals surface area contributed by atoms with Gasteiger partial charge in [-0.15, -0.1) is 11.3 Å². The van der Waals surface area contributed by atoms with Gasteiger partial charge in [0.15, 0.2) is 0 Å². The summed E-state index contributed by atoms with van der Waals surface area (Å²) in [6.45, 7) is 9.57. The maximum Gasteiger partial charge on any atom is 0.341 e. The van der Waals surface area contributed by atoms with Gasteiger partial charge in [0, 0.05) is 31.1 Å². The van der Waals surface area contributed by atoms with Gasteiger partial charge in [-0.05, 0) is 37.5 Å². The van der Waals surface area contributed by atoms with Crippen molar-refractivity contribution in [3.8, 4) is 0 Å². The molecule has 0 atom stereocenters. The van der Waals surface area contributed by atoms with Crippen LogP contribution in [0.2, 0.25) is 0 Å². The van der Waals surface area contributed by atoms with E-state index in [4.69, 9.17) is 4.74 Å². The van der Waals surface area contributed by atoms with E-state index in [1.54, 1.807) is 6.92 Å². The Morgan fingerprint density at radius 1 is 0.943 bits per heavy atom. The number of carbonyl (C=O) groups is 2. The number of rotatable bonds is 8. The third-order valence-corrected chi connectivity index (χ3v) is 7.61. The number of amides is 1. The molecule has 7 heteroatoms. The predicted octanol–water partition coefficient (Wildman–Crippen LogP) is 4.89. The predicted molar refractivity (Wildman–Crippen MR) is 141 cm³/mol. The lowest BCUT2D eigenvalue weighted by molar-refractivity contribution is -0.117. The van der Waals surface area contributed by atoms with E-state index in [1.807, 2.05) is 26.0 Å². The summed E-state index contributed by atoms with van der Waals surface area (Å²) in [6, 6.07) is 21.4. The van der Waals surface area contributed by atoms with E-state index in [0.717, 1.165) is 36.6 Å². The smallest absolute Gasteiger partial charge is 0.341 e. The third kappa shape index (κ3) is 5.99. The molecule has 35 heavy (non-hydrogen) atoms. The van der Waals surface area contributed by atoms with Gasteiger partial charge in [0.05, 0.1) is 24.8 Å². The minimum atomic E-state index is -0.383. The van der Waals surface area contributed by atoms with E-state index in [9.17, 15) is 9.59 Å². The number of aryl methyl sites for hydroxylation is 1. The fourth-order valence-electron chi connectivity index (χ4n) is 4.60. The number of piperazine rings is 1. The first-order chi connectivity index (χ1) is 17.0. The lowest BCUT2D eigenvalue weighted by Crippen LogP contribution is -2.49. The first kappa shape index (κ1) is 25.1. The van der Waals surface area contributed by atoms with Crippen LogP contribution < -0.4 is 5.32 Å². The first-order valence-corrected chi connectivity index (χ1v) is 12.9. The minimum absolute atomic E-state index is 0.104. The van der Waals surface area contributed by atoms with Crippen LogP contribution in [-0.4, -0.2) is 61.0 Å². The molecule has 1 aromatic heterocycles. The molecule has 1 N–H and O–H groups in total. The zero-order chi connectivity index (χ0) is 24.8. The lowest BCUT2D eigenvalue weighted by atomic mass is 9.96. The van der Waals surface area contributed by atoms with Crippen LogP contribution >= 0.6 is 11.3 Å². The van der Waals surface area contributed by atoms with Crippen molar-refractivity contribution in [3.63, 3.8) is 0 Å². The fourth-order valence-corrected chi connectivity index (χ4v) is 5.66. The molecular formula is C28H33N3O3S. The summed E-state index contributed by atoms with van der Waals surface area (Å²) in [6.07, 6.45) is 0. The molecule has 1 fully saturated rings. The number of esters is 1. The standard InChI is InChI=1S/C28H33N3O3S/c1-4-34-28(33)25-20(2)21(3)35-27(25)29-24(32)19-30-15-17-31(18-16-30)26(22-11-7-5-8-12-22)23-13-9-6-10-14-23/h5-14,26H,4,15-19H2,1-3H3,(H,29,32). The molecule has 4 rings (SSSR count). The highest BCUT2D eigenvalue weighted by atomic mass is 32.1. The van der Waals surface area contributed by atoms with Crippen molar-refractivity contribution in [1.29, 1.82) is 0 Å². The Balaban J connectivity index is 1.39. The van der Waals surface area contributed by atoms with Crippen molar-refractivity contribution < 1.29 is 14.3 Å². The van der Waals surface area contributed by atoms with Crippen molar-refractivity contribution >= 4 is 28.2 Å². The van der Waals surface area contributed by atoms with Crippen molar-refractivity contribution in [2.45, 2.75) is 26.8 Å². The van der Waals surface area contributed by atoms with E-state index in [2.05, 4.69) is 63.6 Å². The lowest BCUT2D eigenvalue weighted by Gasteiger charge is -2.39. The second kappa shape index (κ2) is 11.6. The number of hydrogen-bond acceptors (Lipinski definition) is 6. The van der Waals surface area contributed by atoms with Crippen molar-refractivity contribution in [2.24, 2.45) is 0 Å². The molecule has 0 aliphatic carbocycles. The van der Waals surface area contributed by atoms with Crippen LogP contribution in [0.15, 0.2) is 60.7 Å². The highest BCUT2D eigenvalue weighted by Crippen LogP contribution is 2.33. The second-order valence-electron chi connectivity index (χ2n) is 8.79. The van der Waals surface area contributed by atoms with E-state index in [0.29, 0.717) is 23.7 Å². The van der Waals surface area contributed by atoms with E-state index >= 15 is 0 Å². The van der Waals surface area contributed by atoms with Gasteiger partial charge in [0.2, 0.25) is 5.91 Å². The van der Waals surface area contributed by atoms with Crippen LogP contribution in [0.5, 0.6) is 0 Å². The Bertz CT molecular complexity index is 1100.